The molecule has 1 saturated heterocycles. The zero-order valence-corrected chi connectivity index (χ0v) is 18.7. The lowest BCUT2D eigenvalue weighted by atomic mass is 9.76. The van der Waals surface area contributed by atoms with Gasteiger partial charge in [0.1, 0.15) is 0 Å². The van der Waals surface area contributed by atoms with Crippen molar-refractivity contribution in [2.45, 2.75) is 66.0 Å². The van der Waals surface area contributed by atoms with Crippen LogP contribution in [0.2, 0.25) is 0 Å². The van der Waals surface area contributed by atoms with Crippen molar-refractivity contribution in [1.29, 1.82) is 0 Å². The molecule has 0 bridgehead atoms. The molecule has 1 aromatic carbocycles. The average Bonchev–Trinajstić information content (AvgIpc) is 3.18. The van der Waals surface area contributed by atoms with E-state index < -0.39 is 0 Å². The van der Waals surface area contributed by atoms with Crippen molar-refractivity contribution in [1.82, 2.24) is 9.80 Å². The van der Waals surface area contributed by atoms with Gasteiger partial charge in [0.15, 0.2) is 0 Å². The van der Waals surface area contributed by atoms with E-state index in [-0.39, 0.29) is 5.41 Å². The number of allylic oxidation sites excluding steroid dienone is 4. The first-order valence-electron chi connectivity index (χ1n) is 11.2. The van der Waals surface area contributed by atoms with Crippen LogP contribution in [-0.2, 0) is 19.4 Å². The molecule has 3 aliphatic heterocycles. The second-order valence-electron chi connectivity index (χ2n) is 9.95. The predicted molar refractivity (Wildman–Crippen MR) is 125 cm³/mol. The maximum atomic E-state index is 4.30. The van der Waals surface area contributed by atoms with Crippen LogP contribution in [0.3, 0.4) is 0 Å². The van der Waals surface area contributed by atoms with Gasteiger partial charge in [-0.25, -0.2) is 0 Å². The number of benzene rings is 1. The van der Waals surface area contributed by atoms with E-state index >= 15 is 0 Å². The Labute approximate surface area is 177 Å². The molecule has 1 fully saturated rings. The molecule has 3 aliphatic rings. The van der Waals surface area contributed by atoms with Crippen LogP contribution in [0.1, 0.15) is 62.8 Å². The number of aryl methyl sites for hydroxylation is 1. The number of hydrogen-bond donors (Lipinski definition) is 0. The minimum atomic E-state index is 0.177. The lowest BCUT2D eigenvalue weighted by Gasteiger charge is -2.47. The van der Waals surface area contributed by atoms with Gasteiger partial charge in [-0.3, -0.25) is 4.90 Å². The molecule has 1 unspecified atom stereocenters. The zero-order valence-electron chi connectivity index (χ0n) is 18.7. The van der Waals surface area contributed by atoms with Gasteiger partial charge in [-0.15, -0.1) is 0 Å². The highest BCUT2D eigenvalue weighted by Gasteiger charge is 2.38. The van der Waals surface area contributed by atoms with Crippen molar-refractivity contribution in [3.63, 3.8) is 0 Å². The summed E-state index contributed by atoms with van der Waals surface area (Å²) in [7, 11) is 0. The van der Waals surface area contributed by atoms with Crippen molar-refractivity contribution in [2.75, 3.05) is 13.1 Å². The van der Waals surface area contributed by atoms with Crippen LogP contribution in [0, 0.1) is 5.41 Å². The van der Waals surface area contributed by atoms with Crippen LogP contribution in [0.4, 0.5) is 0 Å². The molecule has 0 N–H and O–H groups in total. The van der Waals surface area contributed by atoms with E-state index in [1.54, 1.807) is 0 Å². The van der Waals surface area contributed by atoms with E-state index in [1.807, 2.05) is 6.08 Å². The fourth-order valence-corrected chi connectivity index (χ4v) is 5.12. The second kappa shape index (κ2) is 7.65. The molecule has 4 rings (SSSR count). The lowest BCUT2D eigenvalue weighted by molar-refractivity contribution is 0.189. The van der Waals surface area contributed by atoms with E-state index in [9.17, 15) is 0 Å². The van der Waals surface area contributed by atoms with Crippen LogP contribution in [0.5, 0.6) is 0 Å². The van der Waals surface area contributed by atoms with E-state index in [2.05, 4.69) is 75.1 Å². The Morgan fingerprint density at radius 2 is 1.86 bits per heavy atom. The minimum Gasteiger partial charge on any atom is -0.343 e. The smallest absolute Gasteiger partial charge is 0.0491 e. The third-order valence-corrected chi connectivity index (χ3v) is 6.88. The van der Waals surface area contributed by atoms with Gasteiger partial charge in [0.05, 0.1) is 0 Å². The van der Waals surface area contributed by atoms with Crippen LogP contribution in [0.25, 0.3) is 5.70 Å². The second-order valence-corrected chi connectivity index (χ2v) is 9.95. The van der Waals surface area contributed by atoms with Gasteiger partial charge in [-0.05, 0) is 84.2 Å². The summed E-state index contributed by atoms with van der Waals surface area (Å²) >= 11 is 0. The topological polar surface area (TPSA) is 6.48 Å². The molecule has 0 aliphatic carbocycles. The number of nitrogens with zero attached hydrogens (tertiary/aromatic N) is 2. The summed E-state index contributed by atoms with van der Waals surface area (Å²) in [6.07, 6.45) is 11.3. The molecule has 3 heterocycles. The quantitative estimate of drug-likeness (QED) is 0.615. The van der Waals surface area contributed by atoms with Gasteiger partial charge in [0.2, 0.25) is 0 Å². The Kier molecular flexibility index (Phi) is 5.33. The lowest BCUT2D eigenvalue weighted by Crippen LogP contribution is -2.45. The molecular weight excluding hydrogens is 352 g/mol. The summed E-state index contributed by atoms with van der Waals surface area (Å²) in [6, 6.07) is 5.42. The molecule has 0 radical (unpaired) electrons. The maximum Gasteiger partial charge on any atom is 0.0491 e. The van der Waals surface area contributed by atoms with Gasteiger partial charge in [0.25, 0.3) is 0 Å². The predicted octanol–water partition coefficient (Wildman–Crippen LogP) is 6.10. The normalized spacial score (nSPS) is 22.1. The van der Waals surface area contributed by atoms with Crippen molar-refractivity contribution < 1.29 is 0 Å². The first-order chi connectivity index (χ1) is 13.8. The molecule has 1 aromatic rings. The van der Waals surface area contributed by atoms with E-state index in [1.165, 1.54) is 53.9 Å². The minimum absolute atomic E-state index is 0.177. The van der Waals surface area contributed by atoms with Crippen LogP contribution in [-0.4, -0.2) is 28.9 Å². The Morgan fingerprint density at radius 1 is 1.14 bits per heavy atom. The van der Waals surface area contributed by atoms with E-state index in [0.717, 1.165) is 30.5 Å². The van der Waals surface area contributed by atoms with Crippen molar-refractivity contribution in [3.8, 4) is 0 Å². The molecule has 0 amide bonds. The van der Waals surface area contributed by atoms with Crippen molar-refractivity contribution >= 4 is 5.70 Å². The first kappa shape index (κ1) is 20.2. The van der Waals surface area contributed by atoms with E-state index in [4.69, 9.17) is 0 Å². The van der Waals surface area contributed by atoms with E-state index in [0.29, 0.717) is 6.04 Å². The molecule has 1 atom stereocenters. The highest BCUT2D eigenvalue weighted by atomic mass is 15.2. The fraction of sp³-hybridized carbons (Fsp3) is 0.481. The molecule has 154 valence electrons. The average molecular weight is 389 g/mol. The molecule has 0 spiro atoms. The molecular formula is C27H36N2. The van der Waals surface area contributed by atoms with Gasteiger partial charge in [-0.1, -0.05) is 53.0 Å². The summed E-state index contributed by atoms with van der Waals surface area (Å²) in [5.74, 6) is 0. The molecule has 2 nitrogen and oxygen atoms in total. The fourth-order valence-electron chi connectivity index (χ4n) is 5.12. The Bertz CT molecular complexity index is 888. The van der Waals surface area contributed by atoms with Crippen molar-refractivity contribution in [3.05, 3.63) is 77.0 Å². The third kappa shape index (κ3) is 3.75. The number of fused-ring (bicyclic) bond motifs is 3. The van der Waals surface area contributed by atoms with Crippen LogP contribution in [0.15, 0.2) is 54.8 Å². The summed E-state index contributed by atoms with van der Waals surface area (Å²) < 4.78 is 0. The summed E-state index contributed by atoms with van der Waals surface area (Å²) in [4.78, 5) is 5.12. The monoisotopic (exact) mass is 388 g/mol. The standard InChI is InChI=1S/C27H36N2/c1-7-20-15-24-22(14-23(20)17-28-11-9-10-12-28)16-26(27(4,5)6)29-18-21(8-2)19(3)13-25(24)29/h8,13-15,18,26H,2-3,7,9-12,16-17H2,1,4-6H3. The van der Waals surface area contributed by atoms with Crippen LogP contribution >= 0.6 is 0 Å². The molecule has 2 heteroatoms. The van der Waals surface area contributed by atoms with Crippen molar-refractivity contribution in [2.24, 2.45) is 5.41 Å². The Morgan fingerprint density at radius 3 is 2.48 bits per heavy atom. The van der Waals surface area contributed by atoms with Gasteiger partial charge in [0, 0.05) is 30.0 Å². The SMILES string of the molecule is C=CC1=CN2C(=CC1=C)c1cc(CC)c(CN3CCCC3)cc1CC2C(C)(C)C. The highest BCUT2D eigenvalue weighted by molar-refractivity contribution is 5.77. The zero-order chi connectivity index (χ0) is 20.8. The number of hydrogen-bond acceptors (Lipinski definition) is 2. The largest absolute Gasteiger partial charge is 0.343 e. The summed E-state index contributed by atoms with van der Waals surface area (Å²) in [6.45, 7) is 21.3. The number of likely N-dealkylation sites (tertiary alicyclic amines) is 1. The van der Waals surface area contributed by atoms with Gasteiger partial charge in [-0.2, -0.15) is 0 Å². The molecule has 0 aromatic heterocycles. The maximum absolute atomic E-state index is 4.30. The van der Waals surface area contributed by atoms with Gasteiger partial charge >= 0.3 is 0 Å². The third-order valence-electron chi connectivity index (χ3n) is 6.88. The molecule has 0 saturated carbocycles. The van der Waals surface area contributed by atoms with Crippen LogP contribution < -0.4 is 0 Å². The Balaban J connectivity index is 1.80. The Hall–Kier alpha value is -2.06. The summed E-state index contributed by atoms with van der Waals surface area (Å²) in [5.41, 5.74) is 9.61. The molecule has 29 heavy (non-hydrogen) atoms. The summed E-state index contributed by atoms with van der Waals surface area (Å²) in [5, 5.41) is 0. The number of rotatable bonds is 4. The highest BCUT2D eigenvalue weighted by Crippen LogP contribution is 2.44. The first-order valence-corrected chi connectivity index (χ1v) is 11.2. The van der Waals surface area contributed by atoms with Gasteiger partial charge < -0.3 is 4.90 Å².